The average Bonchev–Trinajstić information content (AvgIpc) is 3.45. The molecular formula is C26H27FN6O. The summed E-state index contributed by atoms with van der Waals surface area (Å²) in [6.07, 6.45) is 6.91. The summed E-state index contributed by atoms with van der Waals surface area (Å²) >= 11 is 0. The molecule has 4 atom stereocenters. The van der Waals surface area contributed by atoms with Crippen molar-refractivity contribution in [1.29, 1.82) is 0 Å². The van der Waals surface area contributed by atoms with Gasteiger partial charge in [-0.15, -0.1) is 0 Å². The number of hydrogen-bond donors (Lipinski definition) is 2. The zero-order valence-corrected chi connectivity index (χ0v) is 19.2. The highest BCUT2D eigenvalue weighted by molar-refractivity contribution is 5.95. The van der Waals surface area contributed by atoms with Crippen LogP contribution in [0, 0.1) is 0 Å². The van der Waals surface area contributed by atoms with E-state index in [9.17, 15) is 9.50 Å². The number of phenols is 1. The lowest BCUT2D eigenvalue weighted by molar-refractivity contribution is 0.176. The Balaban J connectivity index is 1.26. The summed E-state index contributed by atoms with van der Waals surface area (Å²) in [4.78, 5) is 11.0. The number of alkyl halides is 1. The maximum absolute atomic E-state index is 15.0. The molecule has 34 heavy (non-hydrogen) atoms. The van der Waals surface area contributed by atoms with Crippen molar-refractivity contribution in [2.75, 3.05) is 11.9 Å². The standard InChI is InChI=1S/C26H27FN6O/c1-32(23-11-16-7-9-20(31-16)26(23)27)25-14-28-21(13-29-25)18-8-6-15(10-24(18)34)17-4-3-5-22-19(17)12-30-33(22)2/h3-6,8,10,12-14,16,20,23,26,31,34H,7,9,11H2,1-2H3/t16-,20+,23-,26+/m1/s1. The number of aromatic nitrogens is 4. The minimum atomic E-state index is -0.925. The molecule has 2 saturated heterocycles. The van der Waals surface area contributed by atoms with E-state index in [4.69, 9.17) is 0 Å². The van der Waals surface area contributed by atoms with Crippen LogP contribution in [0.25, 0.3) is 33.3 Å². The predicted molar refractivity (Wildman–Crippen MR) is 130 cm³/mol. The Morgan fingerprint density at radius 2 is 1.97 bits per heavy atom. The van der Waals surface area contributed by atoms with E-state index in [1.165, 1.54) is 0 Å². The van der Waals surface area contributed by atoms with Gasteiger partial charge < -0.3 is 15.3 Å². The van der Waals surface area contributed by atoms with Crippen molar-refractivity contribution in [3.05, 3.63) is 55.0 Å². The molecule has 0 amide bonds. The number of aromatic hydroxyl groups is 1. The highest BCUT2D eigenvalue weighted by Gasteiger charge is 2.43. The molecule has 2 aromatic heterocycles. The van der Waals surface area contributed by atoms with E-state index in [0.29, 0.717) is 23.1 Å². The van der Waals surface area contributed by atoms with Gasteiger partial charge in [-0.3, -0.25) is 9.67 Å². The molecule has 2 bridgehead atoms. The molecule has 2 fully saturated rings. The number of hydrogen-bond acceptors (Lipinski definition) is 6. The van der Waals surface area contributed by atoms with Crippen LogP contribution in [-0.4, -0.2) is 56.2 Å². The van der Waals surface area contributed by atoms with E-state index in [2.05, 4.69) is 20.4 Å². The van der Waals surface area contributed by atoms with Gasteiger partial charge in [-0.05, 0) is 48.6 Å². The molecule has 8 heteroatoms. The number of piperidine rings is 1. The monoisotopic (exact) mass is 458 g/mol. The van der Waals surface area contributed by atoms with Crippen LogP contribution in [0.3, 0.4) is 0 Å². The van der Waals surface area contributed by atoms with Gasteiger partial charge in [0.25, 0.3) is 0 Å². The van der Waals surface area contributed by atoms with Gasteiger partial charge in [-0.25, -0.2) is 9.37 Å². The van der Waals surface area contributed by atoms with Crippen molar-refractivity contribution in [3.63, 3.8) is 0 Å². The Morgan fingerprint density at radius 3 is 2.76 bits per heavy atom. The van der Waals surface area contributed by atoms with Crippen molar-refractivity contribution in [3.8, 4) is 28.1 Å². The van der Waals surface area contributed by atoms with Crippen molar-refractivity contribution in [2.24, 2.45) is 7.05 Å². The average molecular weight is 459 g/mol. The van der Waals surface area contributed by atoms with Crippen molar-refractivity contribution in [1.82, 2.24) is 25.1 Å². The molecule has 2 aromatic carbocycles. The van der Waals surface area contributed by atoms with Crippen LogP contribution in [0.4, 0.5) is 10.2 Å². The maximum atomic E-state index is 15.0. The number of phenolic OH excluding ortho intramolecular Hbond substituents is 1. The summed E-state index contributed by atoms with van der Waals surface area (Å²) < 4.78 is 16.8. The van der Waals surface area contributed by atoms with E-state index < -0.39 is 6.17 Å². The third-order valence-electron chi connectivity index (χ3n) is 7.43. The Kier molecular flexibility index (Phi) is 4.99. The van der Waals surface area contributed by atoms with Crippen LogP contribution in [0.2, 0.25) is 0 Å². The van der Waals surface area contributed by atoms with E-state index in [0.717, 1.165) is 41.3 Å². The van der Waals surface area contributed by atoms with Crippen molar-refractivity contribution >= 4 is 16.7 Å². The van der Waals surface area contributed by atoms with Gasteiger partial charge in [-0.1, -0.05) is 18.2 Å². The second-order valence-electron chi connectivity index (χ2n) is 9.40. The Labute approximate surface area is 197 Å². The number of nitrogens with zero attached hydrogens (tertiary/aromatic N) is 5. The Bertz CT molecular complexity index is 1350. The topological polar surface area (TPSA) is 79.1 Å². The van der Waals surface area contributed by atoms with Gasteiger partial charge in [0.05, 0.1) is 35.8 Å². The molecule has 0 saturated carbocycles. The Hall–Kier alpha value is -3.52. The van der Waals surface area contributed by atoms with Crippen LogP contribution >= 0.6 is 0 Å². The fraction of sp³-hybridized carbons (Fsp3) is 0.346. The highest BCUT2D eigenvalue weighted by atomic mass is 19.1. The lowest BCUT2D eigenvalue weighted by Gasteiger charge is -2.38. The molecule has 6 rings (SSSR count). The smallest absolute Gasteiger partial charge is 0.147 e. The van der Waals surface area contributed by atoms with Gasteiger partial charge in [-0.2, -0.15) is 5.10 Å². The molecule has 0 aliphatic carbocycles. The van der Waals surface area contributed by atoms with Crippen LogP contribution in [0.5, 0.6) is 5.75 Å². The van der Waals surface area contributed by atoms with E-state index in [-0.39, 0.29) is 17.8 Å². The predicted octanol–water partition coefficient (Wildman–Crippen LogP) is 4.07. The summed E-state index contributed by atoms with van der Waals surface area (Å²) in [7, 11) is 3.80. The first-order valence-corrected chi connectivity index (χ1v) is 11.7. The second-order valence-corrected chi connectivity index (χ2v) is 9.40. The first kappa shape index (κ1) is 21.0. The Morgan fingerprint density at radius 1 is 1.09 bits per heavy atom. The summed E-state index contributed by atoms with van der Waals surface area (Å²) in [5.74, 6) is 0.768. The quantitative estimate of drug-likeness (QED) is 0.480. The summed E-state index contributed by atoms with van der Waals surface area (Å²) in [6, 6.07) is 11.7. The molecule has 0 spiro atoms. The van der Waals surface area contributed by atoms with Gasteiger partial charge >= 0.3 is 0 Å². The first-order chi connectivity index (χ1) is 16.5. The first-order valence-electron chi connectivity index (χ1n) is 11.7. The summed E-state index contributed by atoms with van der Waals surface area (Å²) in [5, 5.41) is 19.6. The molecular weight excluding hydrogens is 431 g/mol. The van der Waals surface area contributed by atoms with E-state index in [1.54, 1.807) is 18.5 Å². The van der Waals surface area contributed by atoms with Crippen LogP contribution in [0.15, 0.2) is 55.0 Å². The minimum Gasteiger partial charge on any atom is -0.507 e. The number of halogens is 1. The van der Waals surface area contributed by atoms with E-state index in [1.807, 2.05) is 60.2 Å². The van der Waals surface area contributed by atoms with E-state index >= 15 is 0 Å². The van der Waals surface area contributed by atoms with Crippen molar-refractivity contribution < 1.29 is 9.50 Å². The SMILES string of the molecule is CN(c1cnc(-c2ccc(-c3cccc4c3cnn4C)cc2O)cn1)[C@@H]1C[C@H]2CC[C@H](N2)[C@@H]1F. The largest absolute Gasteiger partial charge is 0.507 e. The zero-order valence-electron chi connectivity index (χ0n) is 19.2. The van der Waals surface area contributed by atoms with Crippen LogP contribution < -0.4 is 10.2 Å². The minimum absolute atomic E-state index is 0.0635. The zero-order chi connectivity index (χ0) is 23.4. The van der Waals surface area contributed by atoms with Crippen LogP contribution in [0.1, 0.15) is 19.3 Å². The third kappa shape index (κ3) is 3.40. The lowest BCUT2D eigenvalue weighted by atomic mass is 9.96. The fourth-order valence-electron chi connectivity index (χ4n) is 5.51. The maximum Gasteiger partial charge on any atom is 0.147 e. The summed E-state index contributed by atoms with van der Waals surface area (Å²) in [6.45, 7) is 0. The number of rotatable bonds is 4. The van der Waals surface area contributed by atoms with Gasteiger partial charge in [0.1, 0.15) is 17.7 Å². The fourth-order valence-corrected chi connectivity index (χ4v) is 5.51. The van der Waals surface area contributed by atoms with Crippen molar-refractivity contribution in [2.45, 2.75) is 43.6 Å². The molecule has 2 aliphatic heterocycles. The molecule has 7 nitrogen and oxygen atoms in total. The van der Waals surface area contributed by atoms with Crippen LogP contribution in [-0.2, 0) is 7.05 Å². The lowest BCUT2D eigenvalue weighted by Crippen LogP contribution is -2.55. The van der Waals surface area contributed by atoms with Gasteiger partial charge in [0, 0.05) is 37.1 Å². The number of anilines is 1. The number of fused-ring (bicyclic) bond motifs is 3. The molecule has 0 unspecified atom stereocenters. The normalized spacial score (nSPS) is 24.0. The van der Waals surface area contributed by atoms with Gasteiger partial charge in [0.2, 0.25) is 0 Å². The molecule has 4 aromatic rings. The molecule has 4 heterocycles. The second kappa shape index (κ2) is 8.06. The molecule has 0 radical (unpaired) electrons. The highest BCUT2D eigenvalue weighted by Crippen LogP contribution is 2.36. The van der Waals surface area contributed by atoms with Gasteiger partial charge in [0.15, 0.2) is 0 Å². The number of nitrogens with one attached hydrogen (secondary N) is 1. The number of aryl methyl sites for hydroxylation is 1. The number of benzene rings is 2. The molecule has 2 aliphatic rings. The molecule has 2 N–H and O–H groups in total. The molecule has 174 valence electrons. The third-order valence-corrected chi connectivity index (χ3v) is 7.43. The summed E-state index contributed by atoms with van der Waals surface area (Å²) in [5.41, 5.74) is 4.12.